The molecule has 2 bridgehead atoms. The molecule has 156 valence electrons. The van der Waals surface area contributed by atoms with Gasteiger partial charge in [-0.3, -0.25) is 9.59 Å². The van der Waals surface area contributed by atoms with E-state index in [1.54, 1.807) is 11.8 Å². The van der Waals surface area contributed by atoms with Crippen LogP contribution in [0.25, 0.3) is 0 Å². The molecule has 2 aromatic carbocycles. The Bertz CT molecular complexity index is 915. The zero-order valence-corrected chi connectivity index (χ0v) is 17.9. The molecule has 1 unspecified atom stereocenters. The van der Waals surface area contributed by atoms with Crippen LogP contribution < -0.4 is 5.32 Å². The third-order valence-electron chi connectivity index (χ3n) is 6.96. The van der Waals surface area contributed by atoms with Gasteiger partial charge in [-0.1, -0.05) is 48.9 Å². The molecule has 2 amide bonds. The first-order valence-electron chi connectivity index (χ1n) is 11.0. The number of thioether (sulfide) groups is 1. The molecule has 1 aliphatic heterocycles. The maximum absolute atomic E-state index is 12.7. The van der Waals surface area contributed by atoms with Crippen LogP contribution in [0.15, 0.2) is 54.6 Å². The summed E-state index contributed by atoms with van der Waals surface area (Å²) in [6, 6.07) is 18.5. The van der Waals surface area contributed by atoms with E-state index in [0.717, 1.165) is 24.3 Å². The van der Waals surface area contributed by atoms with Crippen LogP contribution in [0.4, 0.5) is 0 Å². The molecule has 0 aromatic heterocycles. The van der Waals surface area contributed by atoms with E-state index in [-0.39, 0.29) is 17.2 Å². The Hall–Kier alpha value is -2.27. The highest BCUT2D eigenvalue weighted by atomic mass is 32.2. The summed E-state index contributed by atoms with van der Waals surface area (Å²) in [5.74, 6) is 2.25. The third-order valence-corrected chi connectivity index (χ3v) is 8.22. The van der Waals surface area contributed by atoms with Crippen LogP contribution >= 0.6 is 11.8 Å². The van der Waals surface area contributed by atoms with Gasteiger partial charge in [0.25, 0.3) is 5.91 Å². The maximum atomic E-state index is 12.7. The number of rotatable bonds is 6. The largest absolute Gasteiger partial charge is 0.349 e. The molecule has 3 aliphatic rings. The molecule has 4 nitrogen and oxygen atoms in total. The summed E-state index contributed by atoms with van der Waals surface area (Å²) in [4.78, 5) is 27.1. The van der Waals surface area contributed by atoms with Crippen molar-refractivity contribution in [2.75, 3.05) is 12.3 Å². The van der Waals surface area contributed by atoms with Gasteiger partial charge in [0.1, 0.15) is 5.37 Å². The highest BCUT2D eigenvalue weighted by Gasteiger charge is 2.40. The molecule has 4 atom stereocenters. The smallest absolute Gasteiger partial charge is 0.251 e. The van der Waals surface area contributed by atoms with Crippen molar-refractivity contribution in [1.82, 2.24) is 10.2 Å². The molecule has 5 heteroatoms. The average Bonchev–Trinajstić information content (AvgIpc) is 3.49. The van der Waals surface area contributed by atoms with Crippen molar-refractivity contribution in [2.24, 2.45) is 11.8 Å². The quantitative estimate of drug-likeness (QED) is 0.753. The normalized spacial score (nSPS) is 27.6. The number of nitrogens with one attached hydrogen (secondary N) is 1. The predicted octanol–water partition coefficient (Wildman–Crippen LogP) is 4.42. The summed E-state index contributed by atoms with van der Waals surface area (Å²) >= 11 is 1.67. The lowest BCUT2D eigenvalue weighted by atomic mass is 9.95. The number of amides is 2. The SMILES string of the molecule is O=C(N[C@@H]1C[C@H]2CC[C@@H]1C2)c1ccc(C2SCC(=O)N2CCc2ccccc2)cc1. The van der Waals surface area contributed by atoms with Crippen LogP contribution in [-0.2, 0) is 11.2 Å². The van der Waals surface area contributed by atoms with Crippen molar-refractivity contribution in [2.45, 2.75) is 43.5 Å². The number of benzene rings is 2. The average molecular weight is 421 g/mol. The van der Waals surface area contributed by atoms with Gasteiger partial charge in [0.05, 0.1) is 5.75 Å². The molecule has 1 N–H and O–H groups in total. The van der Waals surface area contributed by atoms with Gasteiger partial charge in [-0.2, -0.15) is 0 Å². The second-order valence-corrected chi connectivity index (χ2v) is 9.93. The van der Waals surface area contributed by atoms with Gasteiger partial charge in [-0.15, -0.1) is 11.8 Å². The van der Waals surface area contributed by atoms with Crippen molar-refractivity contribution in [1.29, 1.82) is 0 Å². The first-order valence-corrected chi connectivity index (χ1v) is 12.1. The molecule has 30 heavy (non-hydrogen) atoms. The van der Waals surface area contributed by atoms with Gasteiger partial charge in [0.15, 0.2) is 0 Å². The lowest BCUT2D eigenvalue weighted by molar-refractivity contribution is -0.128. The summed E-state index contributed by atoms with van der Waals surface area (Å²) in [7, 11) is 0. The topological polar surface area (TPSA) is 49.4 Å². The minimum atomic E-state index is 0.0314. The van der Waals surface area contributed by atoms with E-state index < -0.39 is 0 Å². The van der Waals surface area contributed by atoms with E-state index in [1.807, 2.05) is 47.4 Å². The fourth-order valence-corrected chi connectivity index (χ4v) is 6.56. The predicted molar refractivity (Wildman–Crippen MR) is 120 cm³/mol. The summed E-state index contributed by atoms with van der Waals surface area (Å²) in [6.45, 7) is 0.715. The summed E-state index contributed by atoms with van der Waals surface area (Å²) in [6.07, 6.45) is 5.89. The van der Waals surface area contributed by atoms with E-state index in [1.165, 1.54) is 24.8 Å². The molecular formula is C25H28N2O2S. The lowest BCUT2D eigenvalue weighted by Gasteiger charge is -2.25. The van der Waals surface area contributed by atoms with Crippen LogP contribution in [0.5, 0.6) is 0 Å². The third kappa shape index (κ3) is 4.00. The van der Waals surface area contributed by atoms with Gasteiger partial charge in [0, 0.05) is 18.2 Å². The van der Waals surface area contributed by atoms with Crippen LogP contribution in [0, 0.1) is 11.8 Å². The zero-order chi connectivity index (χ0) is 20.5. The molecule has 2 saturated carbocycles. The van der Waals surface area contributed by atoms with Gasteiger partial charge >= 0.3 is 0 Å². The van der Waals surface area contributed by atoms with E-state index in [0.29, 0.717) is 29.8 Å². The number of carbonyl (C=O) groups is 2. The molecule has 2 aliphatic carbocycles. The molecular weight excluding hydrogens is 392 g/mol. The van der Waals surface area contributed by atoms with E-state index in [4.69, 9.17) is 0 Å². The Balaban J connectivity index is 1.22. The van der Waals surface area contributed by atoms with Crippen LogP contribution in [0.2, 0.25) is 0 Å². The van der Waals surface area contributed by atoms with Crippen LogP contribution in [-0.4, -0.2) is 35.1 Å². The Kier molecular flexibility index (Phi) is 5.55. The van der Waals surface area contributed by atoms with Gasteiger partial charge in [-0.05, 0) is 60.8 Å². The molecule has 0 radical (unpaired) electrons. The molecule has 3 fully saturated rings. The molecule has 0 spiro atoms. The van der Waals surface area contributed by atoms with Crippen molar-refractivity contribution < 1.29 is 9.59 Å². The molecule has 1 heterocycles. The highest BCUT2D eigenvalue weighted by Crippen LogP contribution is 2.44. The standard InChI is InChI=1S/C25H28N2O2S/c28-23-16-30-25(27(23)13-12-17-4-2-1-3-5-17)20-10-8-19(9-11-20)24(29)26-22-15-18-6-7-21(22)14-18/h1-5,8-11,18,21-22,25H,6-7,12-16H2,(H,26,29)/t18-,21+,22+,25?/m0/s1. The second-order valence-electron chi connectivity index (χ2n) is 8.86. The Labute approximate surface area is 182 Å². The Morgan fingerprint density at radius 1 is 1.03 bits per heavy atom. The zero-order valence-electron chi connectivity index (χ0n) is 17.1. The minimum Gasteiger partial charge on any atom is -0.349 e. The number of nitrogens with zero attached hydrogens (tertiary/aromatic N) is 1. The second kappa shape index (κ2) is 8.46. The fourth-order valence-electron chi connectivity index (χ4n) is 5.34. The number of hydrogen-bond acceptors (Lipinski definition) is 3. The van der Waals surface area contributed by atoms with Gasteiger partial charge in [0.2, 0.25) is 5.91 Å². The van der Waals surface area contributed by atoms with Crippen LogP contribution in [0.3, 0.4) is 0 Å². The number of hydrogen-bond donors (Lipinski definition) is 1. The van der Waals surface area contributed by atoms with E-state index in [9.17, 15) is 9.59 Å². The molecule has 5 rings (SSSR count). The fraction of sp³-hybridized carbons (Fsp3) is 0.440. The summed E-state index contributed by atoms with van der Waals surface area (Å²) in [5.41, 5.74) is 3.05. The van der Waals surface area contributed by atoms with Crippen LogP contribution in [0.1, 0.15) is 52.5 Å². The summed E-state index contributed by atoms with van der Waals surface area (Å²) in [5, 5.41) is 3.29. The van der Waals surface area contributed by atoms with Crippen molar-refractivity contribution in [3.8, 4) is 0 Å². The summed E-state index contributed by atoms with van der Waals surface area (Å²) < 4.78 is 0. The Morgan fingerprint density at radius 3 is 2.53 bits per heavy atom. The first kappa shape index (κ1) is 19.7. The van der Waals surface area contributed by atoms with E-state index in [2.05, 4.69) is 17.4 Å². The van der Waals surface area contributed by atoms with Gasteiger partial charge in [-0.25, -0.2) is 0 Å². The number of carbonyl (C=O) groups excluding carboxylic acids is 2. The van der Waals surface area contributed by atoms with Crippen molar-refractivity contribution in [3.63, 3.8) is 0 Å². The highest BCUT2D eigenvalue weighted by molar-refractivity contribution is 8.00. The lowest BCUT2D eigenvalue weighted by Crippen LogP contribution is -2.38. The first-order chi connectivity index (χ1) is 14.7. The number of fused-ring (bicyclic) bond motifs is 2. The van der Waals surface area contributed by atoms with Gasteiger partial charge < -0.3 is 10.2 Å². The van der Waals surface area contributed by atoms with Crippen molar-refractivity contribution >= 4 is 23.6 Å². The monoisotopic (exact) mass is 420 g/mol. The van der Waals surface area contributed by atoms with Crippen molar-refractivity contribution in [3.05, 3.63) is 71.3 Å². The minimum absolute atomic E-state index is 0.0314. The molecule has 1 saturated heterocycles. The van der Waals surface area contributed by atoms with E-state index >= 15 is 0 Å². The Morgan fingerprint density at radius 2 is 1.83 bits per heavy atom. The molecule has 2 aromatic rings. The maximum Gasteiger partial charge on any atom is 0.251 e.